The molecule has 0 saturated carbocycles. The topological polar surface area (TPSA) is 56.8 Å². The zero-order valence-electron chi connectivity index (χ0n) is 12.6. The maximum atomic E-state index is 12.9. The lowest BCUT2D eigenvalue weighted by Gasteiger charge is -2.37. The van der Waals surface area contributed by atoms with Gasteiger partial charge >= 0.3 is 0 Å². The van der Waals surface area contributed by atoms with Crippen LogP contribution in [0.3, 0.4) is 0 Å². The van der Waals surface area contributed by atoms with Gasteiger partial charge in [-0.15, -0.1) is 0 Å². The lowest BCUT2D eigenvalue weighted by atomic mass is 9.80. The van der Waals surface area contributed by atoms with Crippen molar-refractivity contribution in [3.8, 4) is 11.5 Å². The molecule has 0 saturated heterocycles. The Labute approximate surface area is 133 Å². The number of anilines is 1. The number of ether oxygens (including phenoxy) is 3. The summed E-state index contributed by atoms with van der Waals surface area (Å²) in [5.74, 6) is 1.25. The van der Waals surface area contributed by atoms with Crippen LogP contribution in [0.15, 0.2) is 36.4 Å². The maximum absolute atomic E-state index is 12.9. The van der Waals surface area contributed by atoms with Crippen molar-refractivity contribution in [2.24, 2.45) is 0 Å². The molecule has 2 aromatic rings. The minimum Gasteiger partial charge on any atom is -0.454 e. The first-order valence-corrected chi connectivity index (χ1v) is 7.70. The van der Waals surface area contributed by atoms with Crippen molar-refractivity contribution in [3.05, 3.63) is 53.1 Å². The molecule has 2 atom stereocenters. The van der Waals surface area contributed by atoms with Crippen LogP contribution in [0.2, 0.25) is 0 Å². The minimum atomic E-state index is -1.11. The number of carbonyl (C=O) groups excluding carboxylic acids is 1. The van der Waals surface area contributed by atoms with Crippen LogP contribution in [-0.4, -0.2) is 18.8 Å². The summed E-state index contributed by atoms with van der Waals surface area (Å²) in [6.07, 6.45) is 0.670. The lowest BCUT2D eigenvalue weighted by molar-refractivity contribution is -0.144. The second-order valence-corrected chi connectivity index (χ2v) is 6.18. The summed E-state index contributed by atoms with van der Waals surface area (Å²) in [5.41, 5.74) is 2.47. The van der Waals surface area contributed by atoms with Crippen molar-refractivity contribution >= 4 is 11.6 Å². The SMILES string of the molecule is C[C@H]1Cc2cc3c(cc2[C@@]2(O1)C(=O)Nc1ccccc12)OCO3. The van der Waals surface area contributed by atoms with Crippen LogP contribution < -0.4 is 14.8 Å². The van der Waals surface area contributed by atoms with Crippen molar-refractivity contribution in [2.45, 2.75) is 25.0 Å². The molecule has 0 aromatic heterocycles. The first-order valence-electron chi connectivity index (χ1n) is 7.70. The molecule has 0 radical (unpaired) electrons. The molecular formula is C18H15NO4. The fraction of sp³-hybridized carbons (Fsp3) is 0.278. The van der Waals surface area contributed by atoms with Crippen LogP contribution in [-0.2, 0) is 21.6 Å². The summed E-state index contributed by atoms with van der Waals surface area (Å²) in [6.45, 7) is 2.20. The summed E-state index contributed by atoms with van der Waals surface area (Å²) < 4.78 is 17.2. The number of benzene rings is 2. The Bertz CT molecular complexity index is 847. The van der Waals surface area contributed by atoms with Crippen molar-refractivity contribution in [2.75, 3.05) is 12.1 Å². The molecule has 3 heterocycles. The van der Waals surface area contributed by atoms with E-state index in [1.165, 1.54) is 0 Å². The van der Waals surface area contributed by atoms with Crippen molar-refractivity contribution < 1.29 is 19.0 Å². The lowest BCUT2D eigenvalue weighted by Crippen LogP contribution is -2.45. The van der Waals surface area contributed by atoms with E-state index < -0.39 is 5.60 Å². The summed E-state index contributed by atoms with van der Waals surface area (Å²) >= 11 is 0. The molecule has 0 fully saturated rings. The largest absolute Gasteiger partial charge is 0.454 e. The quantitative estimate of drug-likeness (QED) is 0.812. The molecule has 2 aromatic carbocycles. The molecule has 1 spiro atoms. The molecule has 1 N–H and O–H groups in total. The highest BCUT2D eigenvalue weighted by molar-refractivity contribution is 6.08. The van der Waals surface area contributed by atoms with E-state index in [9.17, 15) is 4.79 Å². The van der Waals surface area contributed by atoms with Gasteiger partial charge in [-0.05, 0) is 37.1 Å². The van der Waals surface area contributed by atoms with Gasteiger partial charge in [0.25, 0.3) is 5.91 Å². The number of hydrogen-bond acceptors (Lipinski definition) is 4. The Balaban J connectivity index is 1.81. The maximum Gasteiger partial charge on any atom is 0.266 e. The first kappa shape index (κ1) is 13.0. The molecule has 0 aliphatic carbocycles. The third-order valence-corrected chi connectivity index (χ3v) is 4.74. The molecule has 0 bridgehead atoms. The molecule has 1 amide bonds. The summed E-state index contributed by atoms with van der Waals surface area (Å²) in [5, 5.41) is 2.95. The molecule has 3 aliphatic heterocycles. The smallest absolute Gasteiger partial charge is 0.266 e. The normalized spacial score (nSPS) is 26.8. The molecule has 23 heavy (non-hydrogen) atoms. The van der Waals surface area contributed by atoms with Crippen molar-refractivity contribution in [3.63, 3.8) is 0 Å². The number of para-hydroxylation sites is 1. The fourth-order valence-electron chi connectivity index (χ4n) is 3.81. The number of rotatable bonds is 0. The Morgan fingerprint density at radius 2 is 1.91 bits per heavy atom. The van der Waals surface area contributed by atoms with Gasteiger partial charge in [0.05, 0.1) is 6.10 Å². The highest BCUT2D eigenvalue weighted by Gasteiger charge is 2.53. The van der Waals surface area contributed by atoms with E-state index in [-0.39, 0.29) is 18.8 Å². The third kappa shape index (κ3) is 1.57. The highest BCUT2D eigenvalue weighted by Crippen LogP contribution is 2.51. The van der Waals surface area contributed by atoms with Gasteiger partial charge in [-0.2, -0.15) is 0 Å². The van der Waals surface area contributed by atoms with Crippen molar-refractivity contribution in [1.29, 1.82) is 0 Å². The molecule has 5 nitrogen and oxygen atoms in total. The van der Waals surface area contributed by atoms with E-state index in [1.807, 2.05) is 43.3 Å². The summed E-state index contributed by atoms with van der Waals surface area (Å²) in [4.78, 5) is 12.9. The molecule has 5 heteroatoms. The van der Waals surface area contributed by atoms with E-state index in [4.69, 9.17) is 14.2 Å². The van der Waals surface area contributed by atoms with Crippen LogP contribution in [0.25, 0.3) is 0 Å². The van der Waals surface area contributed by atoms with Crippen LogP contribution in [0.4, 0.5) is 5.69 Å². The predicted molar refractivity (Wildman–Crippen MR) is 82.7 cm³/mol. The van der Waals surface area contributed by atoms with Gasteiger partial charge in [-0.1, -0.05) is 18.2 Å². The van der Waals surface area contributed by atoms with Crippen LogP contribution in [0, 0.1) is 0 Å². The second kappa shape index (κ2) is 4.26. The number of fused-ring (bicyclic) bond motifs is 5. The van der Waals surface area contributed by atoms with Gasteiger partial charge in [0.15, 0.2) is 17.1 Å². The molecule has 116 valence electrons. The number of carbonyl (C=O) groups is 1. The average Bonchev–Trinajstić information content (AvgIpc) is 3.09. The summed E-state index contributed by atoms with van der Waals surface area (Å²) in [7, 11) is 0. The second-order valence-electron chi connectivity index (χ2n) is 6.18. The average molecular weight is 309 g/mol. The first-order chi connectivity index (χ1) is 11.2. The van der Waals surface area contributed by atoms with E-state index in [1.54, 1.807) is 0 Å². The molecule has 0 unspecified atom stereocenters. The monoisotopic (exact) mass is 309 g/mol. The predicted octanol–water partition coefficient (Wildman–Crippen LogP) is 2.57. The number of nitrogens with one attached hydrogen (secondary N) is 1. The van der Waals surface area contributed by atoms with E-state index >= 15 is 0 Å². The highest BCUT2D eigenvalue weighted by atomic mass is 16.7. The molecule has 5 rings (SSSR count). The van der Waals surface area contributed by atoms with Gasteiger partial charge in [-0.3, -0.25) is 4.79 Å². The van der Waals surface area contributed by atoms with Gasteiger partial charge in [0, 0.05) is 16.8 Å². The van der Waals surface area contributed by atoms with Crippen LogP contribution in [0.5, 0.6) is 11.5 Å². The third-order valence-electron chi connectivity index (χ3n) is 4.74. The van der Waals surface area contributed by atoms with E-state index in [0.29, 0.717) is 5.75 Å². The zero-order valence-corrected chi connectivity index (χ0v) is 12.6. The van der Waals surface area contributed by atoms with Gasteiger partial charge in [-0.25, -0.2) is 0 Å². The van der Waals surface area contributed by atoms with Gasteiger partial charge in [0.1, 0.15) is 0 Å². The number of amides is 1. The summed E-state index contributed by atoms with van der Waals surface area (Å²) in [6, 6.07) is 11.6. The fourth-order valence-corrected chi connectivity index (χ4v) is 3.81. The van der Waals surface area contributed by atoms with E-state index in [0.717, 1.165) is 34.5 Å². The van der Waals surface area contributed by atoms with Crippen LogP contribution in [0.1, 0.15) is 23.6 Å². The Kier molecular flexibility index (Phi) is 2.40. The van der Waals surface area contributed by atoms with Crippen molar-refractivity contribution in [1.82, 2.24) is 0 Å². The Morgan fingerprint density at radius 1 is 1.13 bits per heavy atom. The van der Waals surface area contributed by atoms with Crippen LogP contribution >= 0.6 is 0 Å². The molecule has 3 aliphatic rings. The van der Waals surface area contributed by atoms with Gasteiger partial charge < -0.3 is 19.5 Å². The Morgan fingerprint density at radius 3 is 2.78 bits per heavy atom. The van der Waals surface area contributed by atoms with E-state index in [2.05, 4.69) is 5.32 Å². The molecular weight excluding hydrogens is 294 g/mol. The minimum absolute atomic E-state index is 0.0697. The number of hydrogen-bond donors (Lipinski definition) is 1. The van der Waals surface area contributed by atoms with Gasteiger partial charge in [0.2, 0.25) is 6.79 Å². The standard InChI is InChI=1S/C18H15NO4/c1-10-6-11-7-15-16(22-9-21-15)8-13(11)18(23-10)12-4-2-3-5-14(12)19-17(18)20/h2-5,7-8,10H,6,9H2,1H3,(H,19,20)/t10-,18+/m0/s1. The zero-order chi connectivity index (χ0) is 15.6. The Hall–Kier alpha value is -2.53.